The maximum Gasteiger partial charge on any atom is 0.115 e. The van der Waals surface area contributed by atoms with Crippen molar-refractivity contribution in [2.75, 3.05) is 33.4 Å². The molecule has 2 rings (SSSR count). The molecule has 1 aromatic heterocycles. The zero-order valence-electron chi connectivity index (χ0n) is 11.0. The quantitative estimate of drug-likeness (QED) is 0.838. The van der Waals surface area contributed by atoms with Crippen LogP contribution in [0.15, 0.2) is 18.6 Å². The first-order chi connectivity index (χ1) is 8.85. The van der Waals surface area contributed by atoms with Gasteiger partial charge in [-0.05, 0) is 31.4 Å². The minimum Gasteiger partial charge on any atom is -0.384 e. The van der Waals surface area contributed by atoms with Crippen molar-refractivity contribution in [2.45, 2.75) is 18.9 Å². The highest BCUT2D eigenvalue weighted by molar-refractivity contribution is 5.06. The molecule has 100 valence electrons. The Morgan fingerprint density at radius 2 is 2.50 bits per heavy atom. The fourth-order valence-electron chi connectivity index (χ4n) is 2.71. The van der Waals surface area contributed by atoms with E-state index < -0.39 is 0 Å². The maximum absolute atomic E-state index is 5.92. The van der Waals surface area contributed by atoms with E-state index >= 15 is 0 Å². The van der Waals surface area contributed by atoms with Crippen molar-refractivity contribution in [1.29, 1.82) is 0 Å². The van der Waals surface area contributed by atoms with E-state index in [0.29, 0.717) is 12.5 Å². The van der Waals surface area contributed by atoms with Gasteiger partial charge in [0.05, 0.1) is 18.3 Å². The van der Waals surface area contributed by atoms with E-state index in [1.54, 1.807) is 19.6 Å². The van der Waals surface area contributed by atoms with Crippen molar-refractivity contribution >= 4 is 0 Å². The Bertz CT molecular complexity index is 344. The number of hydrogen-bond donors (Lipinski definition) is 1. The first-order valence-electron chi connectivity index (χ1n) is 6.54. The van der Waals surface area contributed by atoms with Crippen LogP contribution in [0.4, 0.5) is 0 Å². The Hall–Kier alpha value is -1.04. The third-order valence-corrected chi connectivity index (χ3v) is 3.56. The van der Waals surface area contributed by atoms with Crippen LogP contribution in [0, 0.1) is 5.92 Å². The van der Waals surface area contributed by atoms with Crippen LogP contribution in [0.3, 0.4) is 0 Å². The van der Waals surface area contributed by atoms with E-state index in [9.17, 15) is 0 Å². The number of rotatable bonds is 5. The SMILES string of the molecule is COCC1CCCN(C(CN)c2ccncn2)C1. The number of ether oxygens (including phenoxy) is 1. The van der Waals surface area contributed by atoms with Crippen molar-refractivity contribution in [2.24, 2.45) is 11.7 Å². The summed E-state index contributed by atoms with van der Waals surface area (Å²) in [5.41, 5.74) is 6.94. The van der Waals surface area contributed by atoms with Crippen LogP contribution >= 0.6 is 0 Å². The summed E-state index contributed by atoms with van der Waals surface area (Å²) in [5, 5.41) is 0. The highest BCUT2D eigenvalue weighted by Crippen LogP contribution is 2.25. The molecule has 2 N–H and O–H groups in total. The van der Waals surface area contributed by atoms with Gasteiger partial charge in [0.2, 0.25) is 0 Å². The summed E-state index contributed by atoms with van der Waals surface area (Å²) >= 11 is 0. The lowest BCUT2D eigenvalue weighted by atomic mass is 9.96. The van der Waals surface area contributed by atoms with Gasteiger partial charge < -0.3 is 10.5 Å². The van der Waals surface area contributed by atoms with Crippen LogP contribution in [-0.4, -0.2) is 48.2 Å². The van der Waals surface area contributed by atoms with E-state index in [4.69, 9.17) is 10.5 Å². The van der Waals surface area contributed by atoms with Gasteiger partial charge in [0.1, 0.15) is 6.33 Å². The van der Waals surface area contributed by atoms with Crippen molar-refractivity contribution in [3.05, 3.63) is 24.3 Å². The van der Waals surface area contributed by atoms with E-state index in [1.165, 1.54) is 12.8 Å². The summed E-state index contributed by atoms with van der Waals surface area (Å²) in [6, 6.07) is 2.16. The van der Waals surface area contributed by atoms with E-state index in [-0.39, 0.29) is 6.04 Å². The molecule has 1 aliphatic rings. The number of hydrogen-bond acceptors (Lipinski definition) is 5. The fourth-order valence-corrected chi connectivity index (χ4v) is 2.71. The van der Waals surface area contributed by atoms with Crippen LogP contribution in [-0.2, 0) is 4.74 Å². The van der Waals surface area contributed by atoms with Crippen LogP contribution in [0.25, 0.3) is 0 Å². The van der Waals surface area contributed by atoms with E-state index in [1.807, 2.05) is 6.07 Å². The molecule has 0 aliphatic carbocycles. The van der Waals surface area contributed by atoms with Crippen molar-refractivity contribution in [3.63, 3.8) is 0 Å². The first-order valence-corrected chi connectivity index (χ1v) is 6.54. The summed E-state index contributed by atoms with van der Waals surface area (Å²) < 4.78 is 5.27. The monoisotopic (exact) mass is 250 g/mol. The van der Waals surface area contributed by atoms with Gasteiger partial charge >= 0.3 is 0 Å². The van der Waals surface area contributed by atoms with Crippen molar-refractivity contribution in [1.82, 2.24) is 14.9 Å². The van der Waals surface area contributed by atoms with Gasteiger partial charge in [0.15, 0.2) is 0 Å². The van der Waals surface area contributed by atoms with Crippen LogP contribution in [0.5, 0.6) is 0 Å². The second kappa shape index (κ2) is 6.78. The van der Waals surface area contributed by atoms with Crippen molar-refractivity contribution in [3.8, 4) is 0 Å². The zero-order valence-corrected chi connectivity index (χ0v) is 11.0. The van der Waals surface area contributed by atoms with E-state index in [2.05, 4.69) is 14.9 Å². The molecule has 0 amide bonds. The van der Waals surface area contributed by atoms with Crippen LogP contribution in [0.1, 0.15) is 24.6 Å². The molecule has 0 radical (unpaired) electrons. The molecule has 2 atom stereocenters. The summed E-state index contributed by atoms with van der Waals surface area (Å²) in [7, 11) is 1.77. The molecule has 0 saturated carbocycles. The van der Waals surface area contributed by atoms with Gasteiger partial charge in [-0.25, -0.2) is 9.97 Å². The molecule has 1 fully saturated rings. The summed E-state index contributed by atoms with van der Waals surface area (Å²) in [6.45, 7) is 3.56. The molecular weight excluding hydrogens is 228 g/mol. The third kappa shape index (κ3) is 3.25. The highest BCUT2D eigenvalue weighted by Gasteiger charge is 2.26. The van der Waals surface area contributed by atoms with Gasteiger partial charge in [-0.15, -0.1) is 0 Å². The first kappa shape index (κ1) is 13.4. The largest absolute Gasteiger partial charge is 0.384 e. The van der Waals surface area contributed by atoms with Gasteiger partial charge in [-0.3, -0.25) is 4.90 Å². The third-order valence-electron chi connectivity index (χ3n) is 3.56. The molecule has 2 heterocycles. The molecule has 0 bridgehead atoms. The molecular formula is C13H22N4O. The standard InChI is InChI=1S/C13H22N4O/c1-18-9-11-3-2-6-17(8-11)13(7-14)12-4-5-15-10-16-12/h4-5,10-11,13H,2-3,6-9,14H2,1H3. The topological polar surface area (TPSA) is 64.3 Å². The van der Waals surface area contributed by atoms with Crippen LogP contribution < -0.4 is 5.73 Å². The number of aromatic nitrogens is 2. The predicted molar refractivity (Wildman–Crippen MR) is 70.0 cm³/mol. The lowest BCUT2D eigenvalue weighted by Gasteiger charge is -2.37. The number of likely N-dealkylation sites (tertiary alicyclic amines) is 1. The Kier molecular flexibility index (Phi) is 5.04. The Morgan fingerprint density at radius 1 is 1.61 bits per heavy atom. The summed E-state index contributed by atoms with van der Waals surface area (Å²) in [5.74, 6) is 0.611. The average molecular weight is 250 g/mol. The lowest BCUT2D eigenvalue weighted by molar-refractivity contribution is 0.0686. The number of nitrogens with zero attached hydrogens (tertiary/aromatic N) is 3. The van der Waals surface area contributed by atoms with Gasteiger partial charge in [-0.1, -0.05) is 0 Å². The second-order valence-corrected chi connectivity index (χ2v) is 4.84. The summed E-state index contributed by atoms with van der Waals surface area (Å²) in [4.78, 5) is 10.7. The minimum absolute atomic E-state index is 0.202. The maximum atomic E-state index is 5.92. The Balaban J connectivity index is 2.03. The molecule has 5 heteroatoms. The molecule has 1 aliphatic heterocycles. The van der Waals surface area contributed by atoms with Crippen molar-refractivity contribution < 1.29 is 4.74 Å². The van der Waals surface area contributed by atoms with Gasteiger partial charge in [0.25, 0.3) is 0 Å². The van der Waals surface area contributed by atoms with Gasteiger partial charge in [0, 0.05) is 26.4 Å². The fraction of sp³-hybridized carbons (Fsp3) is 0.692. The number of nitrogens with two attached hydrogens (primary N) is 1. The molecule has 0 aromatic carbocycles. The van der Waals surface area contributed by atoms with Gasteiger partial charge in [-0.2, -0.15) is 0 Å². The smallest absolute Gasteiger partial charge is 0.115 e. The normalized spacial score (nSPS) is 22.9. The minimum atomic E-state index is 0.202. The molecule has 1 saturated heterocycles. The molecule has 0 spiro atoms. The lowest BCUT2D eigenvalue weighted by Crippen LogP contribution is -2.42. The molecule has 5 nitrogen and oxygen atoms in total. The summed E-state index contributed by atoms with van der Waals surface area (Å²) in [6.07, 6.45) is 5.82. The zero-order chi connectivity index (χ0) is 12.8. The van der Waals surface area contributed by atoms with Crippen LogP contribution in [0.2, 0.25) is 0 Å². The Morgan fingerprint density at radius 3 is 3.17 bits per heavy atom. The number of methoxy groups -OCH3 is 1. The molecule has 2 unspecified atom stereocenters. The molecule has 18 heavy (non-hydrogen) atoms. The van der Waals surface area contributed by atoms with E-state index in [0.717, 1.165) is 25.4 Å². The number of piperidine rings is 1. The average Bonchev–Trinajstić information content (AvgIpc) is 2.42. The predicted octanol–water partition coefficient (Wildman–Crippen LogP) is 0.835. The molecule has 1 aromatic rings. The highest BCUT2D eigenvalue weighted by atomic mass is 16.5. The Labute approximate surface area is 108 Å². The second-order valence-electron chi connectivity index (χ2n) is 4.84.